The summed E-state index contributed by atoms with van der Waals surface area (Å²) in [6.07, 6.45) is 3.27. The van der Waals surface area contributed by atoms with Crippen molar-refractivity contribution in [2.45, 2.75) is 44.8 Å². The summed E-state index contributed by atoms with van der Waals surface area (Å²) in [5, 5.41) is 0. The van der Waals surface area contributed by atoms with Gasteiger partial charge in [0.1, 0.15) is 0 Å². The van der Waals surface area contributed by atoms with Crippen LogP contribution in [0.15, 0.2) is 0 Å². The molecule has 1 rings (SSSR count). The van der Waals surface area contributed by atoms with Crippen molar-refractivity contribution in [2.75, 3.05) is 20.1 Å². The van der Waals surface area contributed by atoms with Gasteiger partial charge >= 0.3 is 0 Å². The third-order valence-corrected chi connectivity index (χ3v) is 6.09. The maximum atomic E-state index is 12.2. The Balaban J connectivity index is 2.76. The highest BCUT2D eigenvalue weighted by Crippen LogP contribution is 2.41. The van der Waals surface area contributed by atoms with E-state index < -0.39 is 14.8 Å². The van der Waals surface area contributed by atoms with Gasteiger partial charge in [0, 0.05) is 13.6 Å². The summed E-state index contributed by atoms with van der Waals surface area (Å²) >= 11 is 0. The molecule has 1 aliphatic carbocycles. The van der Waals surface area contributed by atoms with Crippen LogP contribution in [-0.2, 0) is 10.0 Å². The van der Waals surface area contributed by atoms with Crippen LogP contribution in [0.3, 0.4) is 0 Å². The van der Waals surface area contributed by atoms with Crippen LogP contribution in [0.1, 0.15) is 40.0 Å². The predicted molar refractivity (Wildman–Crippen MR) is 66.6 cm³/mol. The number of sulfonamides is 1. The average molecular weight is 248 g/mol. The Kier molecular flexibility index (Phi) is 3.72. The highest BCUT2D eigenvalue weighted by Gasteiger charge is 2.41. The molecule has 0 atom stereocenters. The molecule has 0 spiro atoms. The number of nitrogens with zero attached hydrogens (tertiary/aromatic N) is 1. The van der Waals surface area contributed by atoms with E-state index in [0.29, 0.717) is 13.1 Å². The third-order valence-electron chi connectivity index (χ3n) is 3.59. The molecule has 0 aromatic carbocycles. The van der Waals surface area contributed by atoms with Gasteiger partial charge in [0.2, 0.25) is 10.0 Å². The van der Waals surface area contributed by atoms with Crippen molar-refractivity contribution < 1.29 is 8.42 Å². The summed E-state index contributed by atoms with van der Waals surface area (Å²) in [5.41, 5.74) is 5.78. The Hall–Kier alpha value is -0.130. The molecule has 4 nitrogen and oxygen atoms in total. The zero-order valence-corrected chi connectivity index (χ0v) is 11.6. The first-order valence-electron chi connectivity index (χ1n) is 5.81. The monoisotopic (exact) mass is 248 g/mol. The largest absolute Gasteiger partial charge is 0.330 e. The van der Waals surface area contributed by atoms with Gasteiger partial charge in [-0.3, -0.25) is 0 Å². The Labute approximate surface area is 99.2 Å². The topological polar surface area (TPSA) is 63.4 Å². The Morgan fingerprint density at radius 2 is 1.81 bits per heavy atom. The van der Waals surface area contributed by atoms with Gasteiger partial charge in [-0.2, -0.15) is 0 Å². The minimum atomic E-state index is -3.22. The zero-order chi connectivity index (χ0) is 12.6. The Bertz CT molecular complexity index is 334. The van der Waals surface area contributed by atoms with Crippen LogP contribution in [0.5, 0.6) is 0 Å². The second-order valence-corrected chi connectivity index (χ2v) is 8.73. The summed E-state index contributed by atoms with van der Waals surface area (Å²) < 4.78 is 25.1. The first-order valence-corrected chi connectivity index (χ1v) is 7.25. The van der Waals surface area contributed by atoms with Gasteiger partial charge in [0.05, 0.1) is 4.75 Å². The lowest BCUT2D eigenvalue weighted by atomic mass is 9.69. The van der Waals surface area contributed by atoms with Gasteiger partial charge in [-0.1, -0.05) is 6.42 Å². The van der Waals surface area contributed by atoms with Crippen molar-refractivity contribution in [3.05, 3.63) is 0 Å². The molecule has 0 aliphatic heterocycles. The van der Waals surface area contributed by atoms with Crippen molar-refractivity contribution in [1.29, 1.82) is 0 Å². The highest BCUT2D eigenvalue weighted by atomic mass is 32.2. The van der Waals surface area contributed by atoms with E-state index in [4.69, 9.17) is 5.73 Å². The SMILES string of the molecule is CN(CC1(CN)CCC1)S(=O)(=O)C(C)(C)C. The lowest BCUT2D eigenvalue weighted by Gasteiger charge is -2.44. The minimum Gasteiger partial charge on any atom is -0.330 e. The van der Waals surface area contributed by atoms with E-state index in [0.717, 1.165) is 12.8 Å². The van der Waals surface area contributed by atoms with Gasteiger partial charge < -0.3 is 5.73 Å². The van der Waals surface area contributed by atoms with Crippen molar-refractivity contribution in [3.8, 4) is 0 Å². The lowest BCUT2D eigenvalue weighted by Crippen LogP contribution is -2.50. The molecule has 0 radical (unpaired) electrons. The molecule has 1 fully saturated rings. The first kappa shape index (κ1) is 13.9. The summed E-state index contributed by atoms with van der Waals surface area (Å²) in [6.45, 7) is 6.33. The summed E-state index contributed by atoms with van der Waals surface area (Å²) in [5.74, 6) is 0. The lowest BCUT2D eigenvalue weighted by molar-refractivity contribution is 0.117. The summed E-state index contributed by atoms with van der Waals surface area (Å²) in [7, 11) is -1.56. The molecule has 16 heavy (non-hydrogen) atoms. The smallest absolute Gasteiger partial charge is 0.218 e. The van der Waals surface area contributed by atoms with E-state index in [2.05, 4.69) is 0 Å². The molecule has 5 heteroatoms. The molecule has 0 aromatic heterocycles. The molecular formula is C11H24N2O2S. The number of hydrogen-bond acceptors (Lipinski definition) is 3. The quantitative estimate of drug-likeness (QED) is 0.812. The molecule has 96 valence electrons. The van der Waals surface area contributed by atoms with E-state index >= 15 is 0 Å². The second-order valence-electron chi connectivity index (χ2n) is 5.93. The Morgan fingerprint density at radius 1 is 1.31 bits per heavy atom. The first-order chi connectivity index (χ1) is 7.15. The van der Waals surface area contributed by atoms with E-state index in [1.165, 1.54) is 10.7 Å². The fourth-order valence-electron chi connectivity index (χ4n) is 2.13. The van der Waals surface area contributed by atoms with Crippen molar-refractivity contribution in [1.82, 2.24) is 4.31 Å². The van der Waals surface area contributed by atoms with E-state index in [1.807, 2.05) is 0 Å². The van der Waals surface area contributed by atoms with Crippen LogP contribution in [-0.4, -0.2) is 37.6 Å². The molecule has 0 unspecified atom stereocenters. The predicted octanol–water partition coefficient (Wildman–Crippen LogP) is 1.18. The molecule has 2 N–H and O–H groups in total. The molecule has 0 aromatic rings. The molecule has 0 heterocycles. The molecule has 0 bridgehead atoms. The van der Waals surface area contributed by atoms with Crippen LogP contribution in [0, 0.1) is 5.41 Å². The van der Waals surface area contributed by atoms with Crippen molar-refractivity contribution in [3.63, 3.8) is 0 Å². The summed E-state index contributed by atoms with van der Waals surface area (Å²) in [6, 6.07) is 0. The second kappa shape index (κ2) is 4.27. The summed E-state index contributed by atoms with van der Waals surface area (Å²) in [4.78, 5) is 0. The number of nitrogens with two attached hydrogens (primary N) is 1. The van der Waals surface area contributed by atoms with Gasteiger partial charge in [0.25, 0.3) is 0 Å². The maximum Gasteiger partial charge on any atom is 0.218 e. The minimum absolute atomic E-state index is 0.0348. The van der Waals surface area contributed by atoms with Crippen LogP contribution >= 0.6 is 0 Å². The van der Waals surface area contributed by atoms with E-state index in [1.54, 1.807) is 27.8 Å². The van der Waals surface area contributed by atoms with E-state index in [9.17, 15) is 8.42 Å². The normalized spacial score (nSPS) is 20.9. The van der Waals surface area contributed by atoms with Crippen LogP contribution in [0.4, 0.5) is 0 Å². The number of hydrogen-bond donors (Lipinski definition) is 1. The van der Waals surface area contributed by atoms with E-state index in [-0.39, 0.29) is 5.41 Å². The van der Waals surface area contributed by atoms with Crippen LogP contribution in [0.25, 0.3) is 0 Å². The van der Waals surface area contributed by atoms with Gasteiger partial charge in [0.15, 0.2) is 0 Å². The number of rotatable bonds is 4. The highest BCUT2D eigenvalue weighted by molar-refractivity contribution is 7.90. The molecule has 1 aliphatic rings. The molecule has 1 saturated carbocycles. The fraction of sp³-hybridized carbons (Fsp3) is 1.00. The van der Waals surface area contributed by atoms with Crippen LogP contribution < -0.4 is 5.73 Å². The fourth-order valence-corrected chi connectivity index (χ4v) is 3.51. The standard InChI is InChI=1S/C11H24N2O2S/c1-10(2,3)16(14,15)13(4)9-11(8-12)6-5-7-11/h5-9,12H2,1-4H3. The van der Waals surface area contributed by atoms with Crippen molar-refractivity contribution in [2.24, 2.45) is 11.1 Å². The van der Waals surface area contributed by atoms with Gasteiger partial charge in [-0.05, 0) is 45.6 Å². The van der Waals surface area contributed by atoms with Gasteiger partial charge in [-0.15, -0.1) is 0 Å². The molecule has 0 amide bonds. The Morgan fingerprint density at radius 3 is 2.06 bits per heavy atom. The zero-order valence-electron chi connectivity index (χ0n) is 10.8. The van der Waals surface area contributed by atoms with Crippen LogP contribution in [0.2, 0.25) is 0 Å². The maximum absolute atomic E-state index is 12.2. The van der Waals surface area contributed by atoms with Gasteiger partial charge in [-0.25, -0.2) is 12.7 Å². The molecular weight excluding hydrogens is 224 g/mol. The molecule has 0 saturated heterocycles. The average Bonchev–Trinajstić information content (AvgIpc) is 2.08. The third kappa shape index (κ3) is 2.41. The van der Waals surface area contributed by atoms with Crippen molar-refractivity contribution >= 4 is 10.0 Å².